The monoisotopic (exact) mass is 592 g/mol. The Labute approximate surface area is 242 Å². The van der Waals surface area contributed by atoms with Gasteiger partial charge in [0.15, 0.2) is 0 Å². The van der Waals surface area contributed by atoms with Crippen LogP contribution in [0.25, 0.3) is 0 Å². The van der Waals surface area contributed by atoms with E-state index >= 15 is 0 Å². The van der Waals surface area contributed by atoms with Gasteiger partial charge in [0.05, 0.1) is 30.5 Å². The van der Waals surface area contributed by atoms with Gasteiger partial charge in [-0.05, 0) is 76.4 Å². The zero-order valence-corrected chi connectivity index (χ0v) is 25.2. The standard InChI is InChI=1S/C29H41FN4O6S/c1-20-17-34(21(2)19-35)29(37)16-22-15-24(31-28(36)7-6-14-32(3)4)10-13-26(22)40-27(20)18-33(5)41(38,39)25-11-8-23(30)9-12-25/h8-13,15,20-21,27,35H,6-7,14,16-19H2,1-5H3,(H,31,36)/t20-,21-,27-/m0/s1. The van der Waals surface area contributed by atoms with Crippen LogP contribution in [0.1, 0.15) is 32.3 Å². The number of nitrogens with zero attached hydrogens (tertiary/aromatic N) is 3. The van der Waals surface area contributed by atoms with E-state index < -0.39 is 28.0 Å². The summed E-state index contributed by atoms with van der Waals surface area (Å²) in [5.41, 5.74) is 1.07. The average Bonchev–Trinajstić information content (AvgIpc) is 2.95. The summed E-state index contributed by atoms with van der Waals surface area (Å²) in [7, 11) is 1.36. The van der Waals surface area contributed by atoms with E-state index in [1.807, 2.05) is 25.9 Å². The first-order valence-electron chi connectivity index (χ1n) is 13.7. The molecule has 0 bridgehead atoms. The second kappa shape index (κ2) is 14.2. The molecule has 2 N–H and O–H groups in total. The number of ether oxygens (including phenoxy) is 1. The highest BCUT2D eigenvalue weighted by molar-refractivity contribution is 7.89. The third kappa shape index (κ3) is 8.71. The van der Waals surface area contributed by atoms with Gasteiger partial charge in [-0.1, -0.05) is 6.92 Å². The van der Waals surface area contributed by atoms with Crippen molar-refractivity contribution in [1.29, 1.82) is 0 Å². The molecule has 1 aliphatic rings. The molecule has 1 aliphatic heterocycles. The van der Waals surface area contributed by atoms with E-state index in [1.54, 1.807) is 30.0 Å². The molecule has 12 heteroatoms. The van der Waals surface area contributed by atoms with Crippen LogP contribution < -0.4 is 10.1 Å². The molecule has 41 heavy (non-hydrogen) atoms. The number of carbonyl (C=O) groups excluding carboxylic acids is 2. The number of aliphatic hydroxyl groups is 1. The first-order chi connectivity index (χ1) is 19.3. The number of nitrogens with one attached hydrogen (secondary N) is 1. The van der Waals surface area contributed by atoms with Crippen LogP contribution in [-0.2, 0) is 26.0 Å². The maximum absolute atomic E-state index is 13.4. The molecule has 1 heterocycles. The second-order valence-electron chi connectivity index (χ2n) is 10.9. The van der Waals surface area contributed by atoms with Crippen molar-refractivity contribution in [2.24, 2.45) is 5.92 Å². The SMILES string of the molecule is C[C@H]1CN([C@@H](C)CO)C(=O)Cc2cc(NC(=O)CCCN(C)C)ccc2O[C@H]1CN(C)S(=O)(=O)c1ccc(F)cc1. The van der Waals surface area contributed by atoms with Crippen molar-refractivity contribution in [2.45, 2.75) is 50.2 Å². The number of hydrogen-bond acceptors (Lipinski definition) is 7. The molecule has 3 rings (SSSR count). The third-order valence-corrected chi connectivity index (χ3v) is 9.01. The molecule has 10 nitrogen and oxygen atoms in total. The zero-order valence-electron chi connectivity index (χ0n) is 24.3. The van der Waals surface area contributed by atoms with E-state index in [2.05, 4.69) is 5.32 Å². The van der Waals surface area contributed by atoms with Crippen LogP contribution in [0.4, 0.5) is 10.1 Å². The van der Waals surface area contributed by atoms with Crippen molar-refractivity contribution in [2.75, 3.05) is 52.7 Å². The van der Waals surface area contributed by atoms with E-state index in [9.17, 15) is 27.5 Å². The van der Waals surface area contributed by atoms with E-state index in [4.69, 9.17) is 4.74 Å². The quantitative estimate of drug-likeness (QED) is 0.412. The lowest BCUT2D eigenvalue weighted by molar-refractivity contribution is -0.134. The van der Waals surface area contributed by atoms with Crippen molar-refractivity contribution in [3.63, 3.8) is 0 Å². The molecule has 0 radical (unpaired) electrons. The Bertz CT molecular complexity index is 1300. The van der Waals surface area contributed by atoms with E-state index in [0.29, 0.717) is 29.8 Å². The van der Waals surface area contributed by atoms with Crippen LogP contribution in [0.3, 0.4) is 0 Å². The van der Waals surface area contributed by atoms with Crippen LogP contribution in [0.2, 0.25) is 0 Å². The molecule has 0 aliphatic carbocycles. The smallest absolute Gasteiger partial charge is 0.242 e. The maximum atomic E-state index is 13.4. The van der Waals surface area contributed by atoms with Gasteiger partial charge in [0.25, 0.3) is 0 Å². The molecular weight excluding hydrogens is 551 g/mol. The van der Waals surface area contributed by atoms with Crippen LogP contribution in [0.5, 0.6) is 5.75 Å². The molecule has 0 unspecified atom stereocenters. The van der Waals surface area contributed by atoms with Crippen LogP contribution in [0, 0.1) is 11.7 Å². The van der Waals surface area contributed by atoms with Gasteiger partial charge in [0, 0.05) is 37.2 Å². The fourth-order valence-electron chi connectivity index (χ4n) is 4.64. The van der Waals surface area contributed by atoms with Crippen LogP contribution >= 0.6 is 0 Å². The number of sulfonamides is 1. The molecule has 0 spiro atoms. The number of halogens is 1. The predicted molar refractivity (Wildman–Crippen MR) is 155 cm³/mol. The molecule has 3 atom stereocenters. The molecule has 0 saturated heterocycles. The number of likely N-dealkylation sites (N-methyl/N-ethyl adjacent to an activating group) is 1. The number of rotatable bonds is 11. The van der Waals surface area contributed by atoms with Gasteiger partial charge >= 0.3 is 0 Å². The van der Waals surface area contributed by atoms with E-state index in [-0.39, 0.29) is 48.7 Å². The van der Waals surface area contributed by atoms with Crippen LogP contribution in [0.15, 0.2) is 47.4 Å². The summed E-state index contributed by atoms with van der Waals surface area (Å²) in [6, 6.07) is 9.21. The molecule has 2 aromatic carbocycles. The topological polar surface area (TPSA) is 119 Å². The first-order valence-corrected chi connectivity index (χ1v) is 15.1. The summed E-state index contributed by atoms with van der Waals surface area (Å²) >= 11 is 0. The minimum atomic E-state index is -3.95. The molecule has 0 aromatic heterocycles. The van der Waals surface area contributed by atoms with E-state index in [1.165, 1.54) is 19.2 Å². The normalized spacial score (nSPS) is 18.8. The molecular formula is C29H41FN4O6S. The van der Waals surface area contributed by atoms with Crippen molar-refractivity contribution < 1.29 is 32.2 Å². The Morgan fingerprint density at radius 3 is 2.51 bits per heavy atom. The minimum absolute atomic E-state index is 0.0207. The highest BCUT2D eigenvalue weighted by Gasteiger charge is 2.33. The summed E-state index contributed by atoms with van der Waals surface area (Å²) < 4.78 is 47.4. The Balaban J connectivity index is 1.90. The highest BCUT2D eigenvalue weighted by Crippen LogP contribution is 2.30. The van der Waals surface area contributed by atoms with Gasteiger partial charge in [-0.3, -0.25) is 9.59 Å². The number of amides is 2. The van der Waals surface area contributed by atoms with Gasteiger partial charge in [-0.2, -0.15) is 4.31 Å². The third-order valence-electron chi connectivity index (χ3n) is 7.17. The summed E-state index contributed by atoms with van der Waals surface area (Å²) in [5.74, 6) is -0.807. The van der Waals surface area contributed by atoms with Crippen molar-refractivity contribution in [3.05, 3.63) is 53.8 Å². The Hall–Kier alpha value is -3.06. The summed E-state index contributed by atoms with van der Waals surface area (Å²) in [4.78, 5) is 29.4. The lowest BCUT2D eigenvalue weighted by Crippen LogP contribution is -2.48. The highest BCUT2D eigenvalue weighted by atomic mass is 32.2. The Morgan fingerprint density at radius 1 is 1.20 bits per heavy atom. The fourth-order valence-corrected chi connectivity index (χ4v) is 5.83. The minimum Gasteiger partial charge on any atom is -0.488 e. The number of anilines is 1. The summed E-state index contributed by atoms with van der Waals surface area (Å²) in [5, 5.41) is 12.7. The second-order valence-corrected chi connectivity index (χ2v) is 12.9. The van der Waals surface area contributed by atoms with Gasteiger partial charge < -0.3 is 25.0 Å². The number of fused-ring (bicyclic) bond motifs is 1. The first kappa shape index (κ1) is 32.5. The van der Waals surface area contributed by atoms with Crippen LogP contribution in [-0.4, -0.2) is 99.0 Å². The molecule has 0 saturated carbocycles. The summed E-state index contributed by atoms with van der Waals surface area (Å²) in [6.45, 7) is 4.34. The van der Waals surface area contributed by atoms with Gasteiger partial charge in [0.1, 0.15) is 17.7 Å². The number of benzene rings is 2. The molecule has 2 amide bonds. The van der Waals surface area contributed by atoms with Gasteiger partial charge in [-0.15, -0.1) is 0 Å². The van der Waals surface area contributed by atoms with Crippen molar-refractivity contribution in [3.8, 4) is 5.75 Å². The Kier molecular flexibility index (Phi) is 11.3. The Morgan fingerprint density at radius 2 is 1.88 bits per heavy atom. The lowest BCUT2D eigenvalue weighted by atomic mass is 10.0. The number of carbonyl (C=O) groups is 2. The van der Waals surface area contributed by atoms with E-state index in [0.717, 1.165) is 23.0 Å². The molecule has 226 valence electrons. The van der Waals surface area contributed by atoms with Crippen molar-refractivity contribution in [1.82, 2.24) is 14.1 Å². The maximum Gasteiger partial charge on any atom is 0.242 e. The van der Waals surface area contributed by atoms with Crippen molar-refractivity contribution >= 4 is 27.5 Å². The average molecular weight is 593 g/mol. The zero-order chi connectivity index (χ0) is 30.3. The number of aliphatic hydroxyl groups excluding tert-OH is 1. The molecule has 2 aromatic rings. The fraction of sp³-hybridized carbons (Fsp3) is 0.517. The molecule has 0 fully saturated rings. The van der Waals surface area contributed by atoms with Gasteiger partial charge in [-0.25, -0.2) is 12.8 Å². The predicted octanol–water partition coefficient (Wildman–Crippen LogP) is 2.58. The largest absolute Gasteiger partial charge is 0.488 e. The lowest BCUT2D eigenvalue weighted by Gasteiger charge is -2.33. The van der Waals surface area contributed by atoms with Gasteiger partial charge in [0.2, 0.25) is 21.8 Å². The number of hydrogen-bond donors (Lipinski definition) is 2. The summed E-state index contributed by atoms with van der Waals surface area (Å²) in [6.07, 6.45) is 0.362.